The molecular weight excluding hydrogens is 450 g/mol. The van der Waals surface area contributed by atoms with Gasteiger partial charge in [0.2, 0.25) is 5.91 Å². The van der Waals surface area contributed by atoms with Gasteiger partial charge in [0.1, 0.15) is 24.4 Å². The van der Waals surface area contributed by atoms with Gasteiger partial charge in [-0.05, 0) is 28.8 Å². The molecule has 0 aromatic heterocycles. The third-order valence-electron chi connectivity index (χ3n) is 6.97. The predicted molar refractivity (Wildman–Crippen MR) is 137 cm³/mol. The maximum absolute atomic E-state index is 14.7. The number of anilines is 1. The van der Waals surface area contributed by atoms with Crippen molar-refractivity contribution in [2.75, 3.05) is 18.1 Å². The Labute approximate surface area is 209 Å². The van der Waals surface area contributed by atoms with E-state index in [0.29, 0.717) is 11.3 Å². The Balaban J connectivity index is 1.56. The molecule has 5 nitrogen and oxygen atoms in total. The first-order valence-electron chi connectivity index (χ1n) is 11.7. The van der Waals surface area contributed by atoms with Gasteiger partial charge in [-0.2, -0.15) is 0 Å². The van der Waals surface area contributed by atoms with Crippen molar-refractivity contribution in [3.63, 3.8) is 0 Å². The molecule has 5 heteroatoms. The molecule has 0 aliphatic carbocycles. The number of para-hydroxylation sites is 1. The molecule has 0 bridgehead atoms. The van der Waals surface area contributed by atoms with E-state index in [1.54, 1.807) is 6.07 Å². The number of carbonyl (C=O) groups is 1. The second-order valence-corrected chi connectivity index (χ2v) is 8.92. The highest BCUT2D eigenvalue weighted by molar-refractivity contribution is 6.12. The third kappa shape index (κ3) is 3.15. The number of carbonyl (C=O) groups excluding carboxylic acids is 1. The Hall–Kier alpha value is -4.69. The van der Waals surface area contributed by atoms with E-state index in [2.05, 4.69) is 5.92 Å². The summed E-state index contributed by atoms with van der Waals surface area (Å²) in [6.45, 7) is 0.129. The zero-order valence-electron chi connectivity index (χ0n) is 19.4. The minimum absolute atomic E-state index is 0.000943. The SMILES string of the molecule is C#CCOc1cc2c(cc1O)OCC21C(=O)N(C(c2ccccc2)c2ccccc2)c2ccccc21. The number of phenols is 1. The molecule has 1 atom stereocenters. The number of nitrogens with zero attached hydrogens (tertiary/aromatic N) is 1. The molecule has 2 aliphatic heterocycles. The van der Waals surface area contributed by atoms with Crippen molar-refractivity contribution in [1.29, 1.82) is 0 Å². The van der Waals surface area contributed by atoms with E-state index in [-0.39, 0.29) is 36.7 Å². The standard InChI is InChI=1S/C31H23NO4/c1-2-17-35-28-18-24-27(19-26(28)33)36-20-31(24)23-15-9-10-16-25(23)32(30(31)34)29(21-11-5-3-6-12-21)22-13-7-4-8-14-22/h1,3-16,18-19,29,33H,17,20H2. The van der Waals surface area contributed by atoms with Crippen LogP contribution in [-0.2, 0) is 10.2 Å². The Bertz CT molecular complexity index is 1450. The minimum atomic E-state index is -1.07. The van der Waals surface area contributed by atoms with Gasteiger partial charge in [0.25, 0.3) is 0 Å². The van der Waals surface area contributed by atoms with Crippen LogP contribution in [0.25, 0.3) is 0 Å². The summed E-state index contributed by atoms with van der Waals surface area (Å²) in [7, 11) is 0. The number of hydrogen-bond acceptors (Lipinski definition) is 4. The summed E-state index contributed by atoms with van der Waals surface area (Å²) in [4.78, 5) is 16.5. The molecule has 1 N–H and O–H groups in total. The highest BCUT2D eigenvalue weighted by atomic mass is 16.5. The molecule has 0 radical (unpaired) electrons. The van der Waals surface area contributed by atoms with Crippen LogP contribution in [0.5, 0.6) is 17.2 Å². The van der Waals surface area contributed by atoms with Crippen LogP contribution >= 0.6 is 0 Å². The summed E-state index contributed by atoms with van der Waals surface area (Å²) in [5.74, 6) is 2.93. The van der Waals surface area contributed by atoms with E-state index in [1.807, 2.05) is 89.8 Å². The predicted octanol–water partition coefficient (Wildman–Crippen LogP) is 5.22. The largest absolute Gasteiger partial charge is 0.504 e. The van der Waals surface area contributed by atoms with Crippen molar-refractivity contribution in [3.05, 3.63) is 119 Å². The summed E-state index contributed by atoms with van der Waals surface area (Å²) in [6.07, 6.45) is 5.36. The maximum atomic E-state index is 14.7. The number of phenolic OH excluding ortho intramolecular Hbond substituents is 1. The van der Waals surface area contributed by atoms with Gasteiger partial charge >= 0.3 is 0 Å². The first-order valence-corrected chi connectivity index (χ1v) is 11.7. The number of benzene rings is 4. The van der Waals surface area contributed by atoms with Crippen molar-refractivity contribution < 1.29 is 19.4 Å². The molecule has 176 valence electrons. The minimum Gasteiger partial charge on any atom is -0.504 e. The van der Waals surface area contributed by atoms with Gasteiger partial charge in [-0.25, -0.2) is 0 Å². The number of ether oxygens (including phenoxy) is 2. The monoisotopic (exact) mass is 473 g/mol. The van der Waals surface area contributed by atoms with Gasteiger partial charge in [0.05, 0.1) is 6.04 Å². The summed E-state index contributed by atoms with van der Waals surface area (Å²) in [5.41, 5.74) is 3.29. The molecule has 4 aromatic rings. The molecular formula is C31H23NO4. The Morgan fingerprint density at radius 2 is 1.58 bits per heavy atom. The number of hydrogen-bond donors (Lipinski definition) is 1. The van der Waals surface area contributed by atoms with Gasteiger partial charge in [0.15, 0.2) is 11.5 Å². The lowest BCUT2D eigenvalue weighted by Crippen LogP contribution is -2.44. The first-order chi connectivity index (χ1) is 17.6. The molecule has 6 rings (SSSR count). The van der Waals surface area contributed by atoms with Crippen LogP contribution in [-0.4, -0.2) is 24.2 Å². The summed E-state index contributed by atoms with van der Waals surface area (Å²) in [6, 6.07) is 30.8. The fourth-order valence-corrected chi connectivity index (χ4v) is 5.39. The fraction of sp³-hybridized carbons (Fsp3) is 0.129. The second kappa shape index (κ2) is 8.51. The molecule has 2 aliphatic rings. The molecule has 0 saturated carbocycles. The average Bonchev–Trinajstić information content (AvgIpc) is 3.40. The van der Waals surface area contributed by atoms with Crippen molar-refractivity contribution in [3.8, 4) is 29.6 Å². The number of amides is 1. The normalized spacial score (nSPS) is 17.6. The third-order valence-corrected chi connectivity index (χ3v) is 6.97. The quantitative estimate of drug-likeness (QED) is 0.404. The van der Waals surface area contributed by atoms with Crippen LogP contribution in [0.3, 0.4) is 0 Å². The molecule has 36 heavy (non-hydrogen) atoms. The molecule has 1 amide bonds. The van der Waals surface area contributed by atoms with E-state index >= 15 is 0 Å². The highest BCUT2D eigenvalue weighted by Crippen LogP contribution is 2.56. The molecule has 1 unspecified atom stereocenters. The second-order valence-electron chi connectivity index (χ2n) is 8.92. The molecule has 4 aromatic carbocycles. The Morgan fingerprint density at radius 3 is 2.25 bits per heavy atom. The zero-order valence-corrected chi connectivity index (χ0v) is 19.4. The van der Waals surface area contributed by atoms with Gasteiger partial charge in [0, 0.05) is 17.3 Å². The number of aromatic hydroxyl groups is 1. The fourth-order valence-electron chi connectivity index (χ4n) is 5.39. The lowest BCUT2D eigenvalue weighted by molar-refractivity contribution is -0.122. The van der Waals surface area contributed by atoms with Gasteiger partial charge < -0.3 is 14.6 Å². The van der Waals surface area contributed by atoms with Crippen LogP contribution in [0.15, 0.2) is 97.1 Å². The zero-order chi connectivity index (χ0) is 24.7. The molecule has 0 saturated heterocycles. The lowest BCUT2D eigenvalue weighted by Gasteiger charge is -2.31. The number of terminal acetylenes is 1. The van der Waals surface area contributed by atoms with Crippen LogP contribution in [0.4, 0.5) is 5.69 Å². The van der Waals surface area contributed by atoms with Gasteiger partial charge in [-0.3, -0.25) is 9.69 Å². The van der Waals surface area contributed by atoms with Crippen LogP contribution < -0.4 is 14.4 Å². The van der Waals surface area contributed by atoms with E-state index in [0.717, 1.165) is 22.4 Å². The Morgan fingerprint density at radius 1 is 0.944 bits per heavy atom. The van der Waals surface area contributed by atoms with Gasteiger partial charge in [-0.1, -0.05) is 84.8 Å². The van der Waals surface area contributed by atoms with Crippen LogP contribution in [0.2, 0.25) is 0 Å². The van der Waals surface area contributed by atoms with E-state index in [4.69, 9.17) is 15.9 Å². The van der Waals surface area contributed by atoms with Crippen molar-refractivity contribution >= 4 is 11.6 Å². The van der Waals surface area contributed by atoms with E-state index in [1.165, 1.54) is 6.07 Å². The summed E-state index contributed by atoms with van der Waals surface area (Å²) >= 11 is 0. The topological polar surface area (TPSA) is 59.0 Å². The summed E-state index contributed by atoms with van der Waals surface area (Å²) < 4.78 is 11.6. The van der Waals surface area contributed by atoms with Crippen molar-refractivity contribution in [2.24, 2.45) is 0 Å². The number of fused-ring (bicyclic) bond motifs is 4. The maximum Gasteiger partial charge on any atom is 0.246 e. The van der Waals surface area contributed by atoms with Gasteiger partial charge in [-0.15, -0.1) is 6.42 Å². The van der Waals surface area contributed by atoms with E-state index < -0.39 is 5.41 Å². The van der Waals surface area contributed by atoms with Crippen LogP contribution in [0.1, 0.15) is 28.3 Å². The molecule has 2 heterocycles. The molecule has 0 fully saturated rings. The number of rotatable bonds is 5. The lowest BCUT2D eigenvalue weighted by atomic mass is 9.77. The van der Waals surface area contributed by atoms with Crippen LogP contribution in [0, 0.1) is 12.3 Å². The first kappa shape index (κ1) is 21.8. The smallest absolute Gasteiger partial charge is 0.246 e. The van der Waals surface area contributed by atoms with Crippen molar-refractivity contribution in [1.82, 2.24) is 0 Å². The highest BCUT2D eigenvalue weighted by Gasteiger charge is 2.58. The Kier molecular flexibility index (Phi) is 5.16. The molecule has 1 spiro atoms. The van der Waals surface area contributed by atoms with Crippen molar-refractivity contribution in [2.45, 2.75) is 11.5 Å². The van der Waals surface area contributed by atoms with E-state index in [9.17, 15) is 9.90 Å². The average molecular weight is 474 g/mol. The summed E-state index contributed by atoms with van der Waals surface area (Å²) in [5, 5.41) is 10.5.